The average Bonchev–Trinajstić information content (AvgIpc) is 3.16. The highest BCUT2D eigenvalue weighted by Crippen LogP contribution is 2.32. The molecule has 0 aliphatic heterocycles. The monoisotopic (exact) mass is 410 g/mol. The summed E-state index contributed by atoms with van der Waals surface area (Å²) in [5, 5.41) is 37.9. The van der Waals surface area contributed by atoms with E-state index in [1.807, 2.05) is 24.3 Å². The van der Waals surface area contributed by atoms with Gasteiger partial charge in [-0.15, -0.1) is 15.0 Å². The molecule has 0 radical (unpaired) electrons. The zero-order valence-corrected chi connectivity index (χ0v) is 17.0. The Bertz CT molecular complexity index is 1020. The van der Waals surface area contributed by atoms with E-state index in [0.29, 0.717) is 34.3 Å². The summed E-state index contributed by atoms with van der Waals surface area (Å²) in [6.45, 7) is 5.78. The molecular formula is C22H26N4O4. The van der Waals surface area contributed by atoms with Crippen LogP contribution in [-0.2, 0) is 11.2 Å². The van der Waals surface area contributed by atoms with Gasteiger partial charge in [-0.3, -0.25) is 4.79 Å². The standard InChI is InChI=1S/C22H26N4O4/c1-15(2)17-13-16(7-8-21(29)25(9-11-27)10-12-28)14-20(22(17)30)26-23-18-5-3-4-6-19(18)24-26/h3-6,13-14,27-28,30H,1,7-12H2,2H3. The van der Waals surface area contributed by atoms with Crippen LogP contribution in [0.5, 0.6) is 5.75 Å². The highest BCUT2D eigenvalue weighted by Gasteiger charge is 2.17. The van der Waals surface area contributed by atoms with Crippen molar-refractivity contribution in [1.82, 2.24) is 19.9 Å². The fourth-order valence-electron chi connectivity index (χ4n) is 3.28. The van der Waals surface area contributed by atoms with Gasteiger partial charge in [-0.05, 0) is 48.7 Å². The summed E-state index contributed by atoms with van der Waals surface area (Å²) in [5.74, 6) is -0.132. The molecule has 8 heteroatoms. The number of allylic oxidation sites excluding steroid dienone is 1. The van der Waals surface area contributed by atoms with E-state index in [1.54, 1.807) is 19.1 Å². The molecule has 0 unspecified atom stereocenters. The van der Waals surface area contributed by atoms with Crippen molar-refractivity contribution in [2.24, 2.45) is 0 Å². The van der Waals surface area contributed by atoms with Gasteiger partial charge in [0.1, 0.15) is 16.7 Å². The largest absolute Gasteiger partial charge is 0.505 e. The number of aromatic nitrogens is 3. The maximum Gasteiger partial charge on any atom is 0.223 e. The number of hydrogen-bond donors (Lipinski definition) is 3. The lowest BCUT2D eigenvalue weighted by Gasteiger charge is -2.20. The molecule has 0 bridgehead atoms. The summed E-state index contributed by atoms with van der Waals surface area (Å²) < 4.78 is 0. The normalized spacial score (nSPS) is 11.0. The molecule has 3 rings (SSSR count). The summed E-state index contributed by atoms with van der Waals surface area (Å²) in [4.78, 5) is 15.3. The minimum absolute atomic E-state index is 0.0278. The second kappa shape index (κ2) is 9.51. The van der Waals surface area contributed by atoms with Crippen LogP contribution >= 0.6 is 0 Å². The van der Waals surface area contributed by atoms with E-state index in [2.05, 4.69) is 16.8 Å². The Labute approximate surface area is 174 Å². The molecule has 0 atom stereocenters. The van der Waals surface area contributed by atoms with E-state index in [-0.39, 0.29) is 44.4 Å². The van der Waals surface area contributed by atoms with Gasteiger partial charge < -0.3 is 20.2 Å². The van der Waals surface area contributed by atoms with Gasteiger partial charge in [-0.2, -0.15) is 0 Å². The highest BCUT2D eigenvalue weighted by atomic mass is 16.3. The van der Waals surface area contributed by atoms with Crippen molar-refractivity contribution < 1.29 is 20.1 Å². The Kier molecular flexibility index (Phi) is 6.81. The first-order valence-corrected chi connectivity index (χ1v) is 9.78. The number of phenolic OH excluding ortho intramolecular Hbond substituents is 1. The molecule has 0 saturated carbocycles. The number of aliphatic hydroxyl groups excluding tert-OH is 2. The number of aromatic hydroxyl groups is 1. The number of fused-ring (bicyclic) bond motifs is 1. The summed E-state index contributed by atoms with van der Waals surface area (Å²) in [5.41, 5.74) is 3.90. The summed E-state index contributed by atoms with van der Waals surface area (Å²) in [6.07, 6.45) is 0.620. The second-order valence-corrected chi connectivity index (χ2v) is 7.10. The third-order valence-corrected chi connectivity index (χ3v) is 4.83. The van der Waals surface area contributed by atoms with Crippen LogP contribution in [-0.4, -0.2) is 67.4 Å². The molecule has 0 fully saturated rings. The number of carbonyl (C=O) groups excluding carboxylic acids is 1. The zero-order chi connectivity index (χ0) is 21.7. The van der Waals surface area contributed by atoms with Crippen molar-refractivity contribution in [3.05, 3.63) is 54.1 Å². The van der Waals surface area contributed by atoms with E-state index >= 15 is 0 Å². The molecule has 0 saturated heterocycles. The lowest BCUT2D eigenvalue weighted by Crippen LogP contribution is -2.35. The average molecular weight is 410 g/mol. The van der Waals surface area contributed by atoms with Gasteiger partial charge in [0.2, 0.25) is 5.91 Å². The van der Waals surface area contributed by atoms with E-state index in [9.17, 15) is 9.90 Å². The number of carbonyl (C=O) groups is 1. The predicted octanol–water partition coefficient (Wildman–Crippen LogP) is 1.90. The Balaban J connectivity index is 1.92. The first kappa shape index (κ1) is 21.5. The van der Waals surface area contributed by atoms with Crippen LogP contribution < -0.4 is 0 Å². The Hall–Kier alpha value is -3.23. The molecule has 0 aliphatic carbocycles. The molecule has 3 N–H and O–H groups in total. The van der Waals surface area contributed by atoms with E-state index in [1.165, 1.54) is 9.70 Å². The van der Waals surface area contributed by atoms with Crippen LogP contribution in [0.4, 0.5) is 0 Å². The molecule has 1 aromatic heterocycles. The number of phenols is 1. The minimum Gasteiger partial charge on any atom is -0.505 e. The number of amides is 1. The first-order valence-electron chi connectivity index (χ1n) is 9.78. The van der Waals surface area contributed by atoms with Crippen LogP contribution in [0, 0.1) is 0 Å². The Morgan fingerprint density at radius 2 is 1.70 bits per heavy atom. The quantitative estimate of drug-likeness (QED) is 0.497. The third-order valence-electron chi connectivity index (χ3n) is 4.83. The van der Waals surface area contributed by atoms with Crippen molar-refractivity contribution in [3.8, 4) is 11.4 Å². The topological polar surface area (TPSA) is 112 Å². The molecule has 158 valence electrons. The number of aryl methyl sites for hydroxylation is 1. The highest BCUT2D eigenvalue weighted by molar-refractivity contribution is 5.77. The number of nitrogens with zero attached hydrogens (tertiary/aromatic N) is 4. The van der Waals surface area contributed by atoms with E-state index in [0.717, 1.165) is 5.56 Å². The van der Waals surface area contributed by atoms with Crippen molar-refractivity contribution >= 4 is 22.5 Å². The zero-order valence-electron chi connectivity index (χ0n) is 17.0. The van der Waals surface area contributed by atoms with Gasteiger partial charge in [-0.1, -0.05) is 18.7 Å². The van der Waals surface area contributed by atoms with Crippen LogP contribution in [0.15, 0.2) is 43.0 Å². The Morgan fingerprint density at radius 3 is 2.23 bits per heavy atom. The maximum absolute atomic E-state index is 12.5. The number of aliphatic hydroxyl groups is 2. The maximum atomic E-state index is 12.5. The van der Waals surface area contributed by atoms with Gasteiger partial charge in [0, 0.05) is 25.1 Å². The molecule has 1 amide bonds. The van der Waals surface area contributed by atoms with Crippen molar-refractivity contribution in [2.75, 3.05) is 26.3 Å². The molecule has 30 heavy (non-hydrogen) atoms. The SMILES string of the molecule is C=C(C)c1cc(CCC(=O)N(CCO)CCO)cc(-n2nc3ccccc3n2)c1O. The van der Waals surface area contributed by atoms with Crippen LogP contribution in [0.3, 0.4) is 0 Å². The molecule has 2 aromatic carbocycles. The van der Waals surface area contributed by atoms with Crippen LogP contribution in [0.1, 0.15) is 24.5 Å². The fraction of sp³-hybridized carbons (Fsp3) is 0.318. The minimum atomic E-state index is -0.160. The third kappa shape index (κ3) is 4.67. The molecule has 0 spiro atoms. The van der Waals surface area contributed by atoms with E-state index < -0.39 is 0 Å². The number of benzene rings is 2. The van der Waals surface area contributed by atoms with Gasteiger partial charge in [0.15, 0.2) is 5.75 Å². The molecule has 1 heterocycles. The second-order valence-electron chi connectivity index (χ2n) is 7.10. The summed E-state index contributed by atoms with van der Waals surface area (Å²) >= 11 is 0. The fourth-order valence-corrected chi connectivity index (χ4v) is 3.28. The number of hydrogen-bond acceptors (Lipinski definition) is 6. The van der Waals surface area contributed by atoms with Crippen molar-refractivity contribution in [2.45, 2.75) is 19.8 Å². The number of rotatable bonds is 9. The van der Waals surface area contributed by atoms with Gasteiger partial charge >= 0.3 is 0 Å². The van der Waals surface area contributed by atoms with Gasteiger partial charge in [-0.25, -0.2) is 0 Å². The van der Waals surface area contributed by atoms with Crippen LogP contribution in [0.25, 0.3) is 22.3 Å². The molecule has 8 nitrogen and oxygen atoms in total. The Morgan fingerprint density at radius 1 is 1.10 bits per heavy atom. The first-order chi connectivity index (χ1) is 14.4. The van der Waals surface area contributed by atoms with Crippen molar-refractivity contribution in [3.63, 3.8) is 0 Å². The predicted molar refractivity (Wildman–Crippen MR) is 114 cm³/mol. The molecule has 3 aromatic rings. The summed E-state index contributed by atoms with van der Waals surface area (Å²) in [6, 6.07) is 11.0. The van der Waals surface area contributed by atoms with E-state index in [4.69, 9.17) is 10.2 Å². The summed E-state index contributed by atoms with van der Waals surface area (Å²) in [7, 11) is 0. The van der Waals surface area contributed by atoms with Crippen molar-refractivity contribution in [1.29, 1.82) is 0 Å². The molecular weight excluding hydrogens is 384 g/mol. The lowest BCUT2D eigenvalue weighted by molar-refractivity contribution is -0.132. The van der Waals surface area contributed by atoms with Gasteiger partial charge in [0.25, 0.3) is 0 Å². The lowest BCUT2D eigenvalue weighted by atomic mass is 10.00. The van der Waals surface area contributed by atoms with Crippen LogP contribution in [0.2, 0.25) is 0 Å². The smallest absolute Gasteiger partial charge is 0.223 e. The van der Waals surface area contributed by atoms with Gasteiger partial charge in [0.05, 0.1) is 13.2 Å². The molecule has 0 aliphatic rings.